The van der Waals surface area contributed by atoms with Gasteiger partial charge in [-0.05, 0) is 17.7 Å². The van der Waals surface area contributed by atoms with Gasteiger partial charge in [0.2, 0.25) is 11.2 Å². The predicted octanol–water partition coefficient (Wildman–Crippen LogP) is 4.03. The minimum Gasteiger partial charge on any atom is -0.482 e. The zero-order valence-corrected chi connectivity index (χ0v) is 14.0. The van der Waals surface area contributed by atoms with Crippen molar-refractivity contribution in [2.45, 2.75) is 6.18 Å². The predicted molar refractivity (Wildman–Crippen MR) is 90.4 cm³/mol. The summed E-state index contributed by atoms with van der Waals surface area (Å²) >= 11 is 0. The number of ether oxygens (including phenoxy) is 2. The van der Waals surface area contributed by atoms with Gasteiger partial charge in [0.1, 0.15) is 11.3 Å². The molecule has 1 heterocycles. The number of carbonyl (C=O) groups excluding carboxylic acids is 1. The largest absolute Gasteiger partial charge is 0.482 e. The maximum atomic E-state index is 13.5. The molecule has 2 aromatic carbocycles. The molecule has 0 atom stereocenters. The summed E-state index contributed by atoms with van der Waals surface area (Å²) in [6.07, 6.45) is -4.87. The van der Waals surface area contributed by atoms with Crippen LogP contribution in [0.1, 0.15) is 5.76 Å². The van der Waals surface area contributed by atoms with Crippen molar-refractivity contribution in [2.24, 2.45) is 0 Å². The van der Waals surface area contributed by atoms with Crippen molar-refractivity contribution in [3.05, 3.63) is 64.5 Å². The molecule has 0 aliphatic heterocycles. The molecule has 0 spiro atoms. The molecule has 140 valence electrons. The molecular formula is C19H13F3O5. The van der Waals surface area contributed by atoms with E-state index in [9.17, 15) is 22.8 Å². The Bertz CT molecular complexity index is 1040. The maximum Gasteiger partial charge on any atom is 0.450 e. The van der Waals surface area contributed by atoms with E-state index in [1.54, 1.807) is 6.07 Å². The molecule has 5 nitrogen and oxygen atoms in total. The molecule has 3 aromatic rings. The normalized spacial score (nSPS) is 11.4. The monoisotopic (exact) mass is 378 g/mol. The van der Waals surface area contributed by atoms with Crippen molar-refractivity contribution in [3.8, 4) is 16.9 Å². The van der Waals surface area contributed by atoms with Crippen LogP contribution in [-0.4, -0.2) is 19.7 Å². The van der Waals surface area contributed by atoms with Crippen molar-refractivity contribution >= 4 is 16.9 Å². The highest BCUT2D eigenvalue weighted by atomic mass is 19.4. The molecule has 0 radical (unpaired) electrons. The maximum absolute atomic E-state index is 13.5. The first-order chi connectivity index (χ1) is 12.8. The van der Waals surface area contributed by atoms with E-state index in [4.69, 9.17) is 9.15 Å². The molecule has 3 rings (SSSR count). The Kier molecular flexibility index (Phi) is 4.89. The molecule has 1 aromatic heterocycles. The number of alkyl halides is 3. The molecular weight excluding hydrogens is 365 g/mol. The second-order valence-electron chi connectivity index (χ2n) is 5.52. The van der Waals surface area contributed by atoms with Gasteiger partial charge in [0.25, 0.3) is 0 Å². The highest BCUT2D eigenvalue weighted by Gasteiger charge is 2.39. The first kappa shape index (κ1) is 18.5. The summed E-state index contributed by atoms with van der Waals surface area (Å²) in [7, 11) is 1.17. The Hall–Kier alpha value is -3.29. The van der Waals surface area contributed by atoms with E-state index in [0.29, 0.717) is 0 Å². The second-order valence-corrected chi connectivity index (χ2v) is 5.52. The van der Waals surface area contributed by atoms with Crippen LogP contribution in [-0.2, 0) is 15.7 Å². The lowest BCUT2D eigenvalue weighted by atomic mass is 10.0. The fourth-order valence-corrected chi connectivity index (χ4v) is 2.53. The lowest BCUT2D eigenvalue weighted by Crippen LogP contribution is -2.16. The highest BCUT2D eigenvalue weighted by Crippen LogP contribution is 2.37. The molecule has 0 unspecified atom stereocenters. The number of rotatable bonds is 4. The van der Waals surface area contributed by atoms with Crippen LogP contribution < -0.4 is 10.2 Å². The average Bonchev–Trinajstić information content (AvgIpc) is 2.65. The lowest BCUT2D eigenvalue weighted by Gasteiger charge is -2.13. The van der Waals surface area contributed by atoms with Gasteiger partial charge in [0, 0.05) is 6.07 Å². The van der Waals surface area contributed by atoms with E-state index in [0.717, 1.165) is 6.07 Å². The molecule has 0 N–H and O–H groups in total. The van der Waals surface area contributed by atoms with E-state index in [1.807, 2.05) is 0 Å². The fraction of sp³-hybridized carbons (Fsp3) is 0.158. The van der Waals surface area contributed by atoms with Crippen LogP contribution in [0.4, 0.5) is 13.2 Å². The van der Waals surface area contributed by atoms with Gasteiger partial charge in [0.15, 0.2) is 6.61 Å². The van der Waals surface area contributed by atoms with E-state index >= 15 is 0 Å². The van der Waals surface area contributed by atoms with Crippen LogP contribution in [0.5, 0.6) is 5.75 Å². The third-order valence-electron chi connectivity index (χ3n) is 3.77. The molecule has 0 saturated carbocycles. The number of halogens is 3. The Morgan fingerprint density at radius 2 is 1.81 bits per heavy atom. The molecule has 8 heteroatoms. The number of fused-ring (bicyclic) bond motifs is 1. The zero-order chi connectivity index (χ0) is 19.6. The van der Waals surface area contributed by atoms with E-state index in [2.05, 4.69) is 4.74 Å². The van der Waals surface area contributed by atoms with E-state index < -0.39 is 35.5 Å². The van der Waals surface area contributed by atoms with Crippen molar-refractivity contribution < 1.29 is 31.9 Å². The Balaban J connectivity index is 2.18. The summed E-state index contributed by atoms with van der Waals surface area (Å²) in [4.78, 5) is 23.9. The molecule has 0 bridgehead atoms. The summed E-state index contributed by atoms with van der Waals surface area (Å²) in [6.45, 7) is -0.430. The lowest BCUT2D eigenvalue weighted by molar-refractivity contribution is -0.152. The zero-order valence-electron chi connectivity index (χ0n) is 14.0. The number of benzene rings is 2. The Morgan fingerprint density at radius 1 is 1.11 bits per heavy atom. The van der Waals surface area contributed by atoms with Crippen LogP contribution in [0.25, 0.3) is 22.1 Å². The highest BCUT2D eigenvalue weighted by molar-refractivity contribution is 5.84. The summed E-state index contributed by atoms with van der Waals surface area (Å²) in [6, 6.07) is 11.3. The SMILES string of the molecule is COC(=O)COc1ccc2c(=O)c(-c3ccccc3)c(C(F)(F)F)oc2c1. The quantitative estimate of drug-likeness (QED) is 0.642. The first-order valence-electron chi connectivity index (χ1n) is 7.74. The van der Waals surface area contributed by atoms with Crippen molar-refractivity contribution in [1.29, 1.82) is 0 Å². The van der Waals surface area contributed by atoms with Crippen LogP contribution in [0.15, 0.2) is 57.7 Å². The van der Waals surface area contributed by atoms with Crippen LogP contribution in [0.2, 0.25) is 0 Å². The topological polar surface area (TPSA) is 65.7 Å². The number of hydrogen-bond donors (Lipinski definition) is 0. The van der Waals surface area contributed by atoms with Crippen molar-refractivity contribution in [1.82, 2.24) is 0 Å². The third-order valence-corrected chi connectivity index (χ3v) is 3.77. The smallest absolute Gasteiger partial charge is 0.450 e. The molecule has 0 aliphatic carbocycles. The van der Waals surface area contributed by atoms with Crippen molar-refractivity contribution in [3.63, 3.8) is 0 Å². The third kappa shape index (κ3) is 3.79. The van der Waals surface area contributed by atoms with Gasteiger partial charge >= 0.3 is 12.1 Å². The van der Waals surface area contributed by atoms with E-state index in [1.165, 1.54) is 43.5 Å². The number of methoxy groups -OCH3 is 1. The van der Waals surface area contributed by atoms with Crippen LogP contribution in [0.3, 0.4) is 0 Å². The van der Waals surface area contributed by atoms with Gasteiger partial charge in [-0.3, -0.25) is 4.79 Å². The van der Waals surface area contributed by atoms with Crippen LogP contribution >= 0.6 is 0 Å². The standard InChI is InChI=1S/C19H13F3O5/c1-25-15(23)10-26-12-7-8-13-14(9-12)27-18(19(20,21)22)16(17(13)24)11-5-3-2-4-6-11/h2-9H,10H2,1H3. The van der Waals surface area contributed by atoms with Gasteiger partial charge in [-0.1, -0.05) is 30.3 Å². The summed E-state index contributed by atoms with van der Waals surface area (Å²) in [5.74, 6) is -1.99. The Morgan fingerprint density at radius 3 is 2.44 bits per heavy atom. The first-order valence-corrected chi connectivity index (χ1v) is 7.74. The molecule has 0 fully saturated rings. The fourth-order valence-electron chi connectivity index (χ4n) is 2.53. The Labute approximate surface area is 150 Å². The second kappa shape index (κ2) is 7.14. The summed E-state index contributed by atoms with van der Waals surface area (Å²) < 4.78 is 55.1. The molecule has 0 amide bonds. The number of esters is 1. The van der Waals surface area contributed by atoms with E-state index in [-0.39, 0.29) is 22.3 Å². The van der Waals surface area contributed by atoms with Crippen LogP contribution in [0, 0.1) is 0 Å². The summed E-state index contributed by atoms with van der Waals surface area (Å²) in [5.41, 5.74) is -1.56. The minimum atomic E-state index is -4.87. The molecule has 0 saturated heterocycles. The number of carbonyl (C=O) groups is 1. The average molecular weight is 378 g/mol. The van der Waals surface area contributed by atoms with Gasteiger partial charge in [-0.2, -0.15) is 13.2 Å². The molecule has 27 heavy (non-hydrogen) atoms. The molecule has 0 aliphatic rings. The summed E-state index contributed by atoms with van der Waals surface area (Å²) in [5, 5.41) is -0.0349. The number of hydrogen-bond acceptors (Lipinski definition) is 5. The van der Waals surface area contributed by atoms with Crippen molar-refractivity contribution in [2.75, 3.05) is 13.7 Å². The van der Waals surface area contributed by atoms with Gasteiger partial charge in [-0.15, -0.1) is 0 Å². The van der Waals surface area contributed by atoms with Gasteiger partial charge in [-0.25, -0.2) is 4.79 Å². The van der Waals surface area contributed by atoms with Gasteiger partial charge < -0.3 is 13.9 Å². The van der Waals surface area contributed by atoms with Gasteiger partial charge in [0.05, 0.1) is 18.1 Å². The minimum absolute atomic E-state index is 0.0349.